The maximum absolute atomic E-state index is 11.0. The van der Waals surface area contributed by atoms with Gasteiger partial charge in [0.1, 0.15) is 11.5 Å². The van der Waals surface area contributed by atoms with Crippen molar-refractivity contribution in [2.45, 2.75) is 37.7 Å². The van der Waals surface area contributed by atoms with Crippen molar-refractivity contribution in [3.8, 4) is 6.07 Å². The minimum atomic E-state index is -0.818. The van der Waals surface area contributed by atoms with Gasteiger partial charge in [-0.05, 0) is 41.5 Å². The van der Waals surface area contributed by atoms with Gasteiger partial charge in [0.2, 0.25) is 0 Å². The van der Waals surface area contributed by atoms with Gasteiger partial charge in [-0.15, -0.1) is 0 Å². The first kappa shape index (κ1) is 13.9. The number of nitrogens with zero attached hydrogens (tertiary/aromatic N) is 1. The Kier molecular flexibility index (Phi) is 3.53. The molecule has 2 aromatic rings. The van der Waals surface area contributed by atoms with Gasteiger partial charge in [0.05, 0.1) is 6.07 Å². The third-order valence-electron chi connectivity index (χ3n) is 4.68. The molecule has 1 aliphatic carbocycles. The van der Waals surface area contributed by atoms with Gasteiger partial charge in [0, 0.05) is 0 Å². The number of hydrogen-bond acceptors (Lipinski definition) is 2. The fraction of sp³-hybridized carbons (Fsp3) is 0.316. The summed E-state index contributed by atoms with van der Waals surface area (Å²) in [6.07, 6.45) is 1.62. The molecule has 0 fully saturated rings. The lowest BCUT2D eigenvalue weighted by atomic mass is 9.74. The minimum Gasteiger partial charge on any atom is -0.386 e. The Labute approximate surface area is 125 Å². The van der Waals surface area contributed by atoms with Crippen molar-refractivity contribution in [1.82, 2.24) is 0 Å². The van der Waals surface area contributed by atoms with Crippen LogP contribution in [0.3, 0.4) is 0 Å². The zero-order valence-corrected chi connectivity index (χ0v) is 12.2. The molecule has 2 nitrogen and oxygen atoms in total. The third-order valence-corrected chi connectivity index (χ3v) is 4.68. The fourth-order valence-electron chi connectivity index (χ4n) is 3.49. The summed E-state index contributed by atoms with van der Waals surface area (Å²) in [5.41, 5.74) is 3.36. The lowest BCUT2D eigenvalue weighted by molar-refractivity contribution is 0.110. The van der Waals surface area contributed by atoms with Crippen LogP contribution in [0.4, 0.5) is 0 Å². The van der Waals surface area contributed by atoms with E-state index >= 15 is 0 Å². The van der Waals surface area contributed by atoms with Crippen molar-refractivity contribution >= 4 is 0 Å². The van der Waals surface area contributed by atoms with E-state index in [4.69, 9.17) is 0 Å². The van der Waals surface area contributed by atoms with Crippen LogP contribution in [0, 0.1) is 11.3 Å². The summed E-state index contributed by atoms with van der Waals surface area (Å²) in [4.78, 5) is 0. The summed E-state index contributed by atoms with van der Waals surface area (Å²) in [5.74, 6) is 0. The number of rotatable bonds is 3. The molecule has 0 spiro atoms. The number of benzene rings is 2. The second-order valence-electron chi connectivity index (χ2n) is 5.70. The van der Waals surface area contributed by atoms with Gasteiger partial charge < -0.3 is 5.11 Å². The molecule has 2 unspecified atom stereocenters. The third kappa shape index (κ3) is 2.05. The molecule has 0 saturated heterocycles. The molecule has 0 aliphatic heterocycles. The molecule has 3 rings (SSSR count). The molecule has 0 aromatic heterocycles. The zero-order chi connectivity index (χ0) is 14.9. The lowest BCUT2D eigenvalue weighted by Gasteiger charge is -2.30. The van der Waals surface area contributed by atoms with E-state index in [1.807, 2.05) is 42.5 Å². The van der Waals surface area contributed by atoms with Crippen molar-refractivity contribution in [3.05, 3.63) is 70.8 Å². The monoisotopic (exact) mass is 277 g/mol. The molecule has 1 N–H and O–H groups in total. The van der Waals surface area contributed by atoms with Crippen LogP contribution in [0.1, 0.15) is 41.7 Å². The summed E-state index contributed by atoms with van der Waals surface area (Å²) >= 11 is 0. The Morgan fingerprint density at radius 1 is 1.19 bits per heavy atom. The van der Waals surface area contributed by atoms with E-state index in [0.29, 0.717) is 6.42 Å². The molecule has 0 bridgehead atoms. The summed E-state index contributed by atoms with van der Waals surface area (Å²) in [7, 11) is 0. The van der Waals surface area contributed by atoms with Crippen LogP contribution >= 0.6 is 0 Å². The standard InChI is InChI=1S/C19H19NO/c1-2-14-7-3-5-9-16(14)18(21)19(13-20)12-11-15-8-4-6-10-17(15)19/h3-10,18,21H,2,11-12H2,1H3. The van der Waals surface area contributed by atoms with Crippen molar-refractivity contribution in [2.75, 3.05) is 0 Å². The topological polar surface area (TPSA) is 44.0 Å². The number of aliphatic hydroxyl groups is 1. The lowest BCUT2D eigenvalue weighted by Crippen LogP contribution is -2.30. The van der Waals surface area contributed by atoms with Crippen molar-refractivity contribution < 1.29 is 5.11 Å². The SMILES string of the molecule is CCc1ccccc1C(O)C1(C#N)CCc2ccccc21. The number of aliphatic hydroxyl groups excluding tert-OH is 1. The highest BCUT2D eigenvalue weighted by atomic mass is 16.3. The second kappa shape index (κ2) is 5.35. The van der Waals surface area contributed by atoms with Crippen LogP contribution in [0.2, 0.25) is 0 Å². The first-order chi connectivity index (χ1) is 10.2. The van der Waals surface area contributed by atoms with Crippen molar-refractivity contribution in [1.29, 1.82) is 5.26 Å². The fourth-order valence-corrected chi connectivity index (χ4v) is 3.49. The number of aryl methyl sites for hydroxylation is 2. The minimum absolute atomic E-state index is 0.683. The molecule has 0 saturated carbocycles. The summed E-state index contributed by atoms with van der Waals surface area (Å²) < 4.78 is 0. The van der Waals surface area contributed by atoms with Crippen molar-refractivity contribution in [3.63, 3.8) is 0 Å². The van der Waals surface area contributed by atoms with Crippen LogP contribution in [0.5, 0.6) is 0 Å². The van der Waals surface area contributed by atoms with Crippen LogP contribution in [0.25, 0.3) is 0 Å². The van der Waals surface area contributed by atoms with Gasteiger partial charge in [-0.1, -0.05) is 55.5 Å². The molecule has 21 heavy (non-hydrogen) atoms. The van der Waals surface area contributed by atoms with Gasteiger partial charge in [-0.3, -0.25) is 0 Å². The van der Waals surface area contributed by atoms with E-state index in [0.717, 1.165) is 29.5 Å². The van der Waals surface area contributed by atoms with Gasteiger partial charge in [-0.2, -0.15) is 5.26 Å². The molecule has 2 aromatic carbocycles. The molecule has 2 atom stereocenters. The highest BCUT2D eigenvalue weighted by molar-refractivity contribution is 5.48. The molecular formula is C19H19NO. The molecule has 2 heteroatoms. The van der Waals surface area contributed by atoms with Crippen LogP contribution < -0.4 is 0 Å². The van der Waals surface area contributed by atoms with Crippen LogP contribution in [-0.2, 0) is 18.3 Å². The Bertz CT molecular complexity index is 701. The predicted octanol–water partition coefficient (Wildman–Crippen LogP) is 3.69. The Morgan fingerprint density at radius 2 is 1.90 bits per heavy atom. The molecule has 0 amide bonds. The molecule has 0 heterocycles. The van der Waals surface area contributed by atoms with Crippen LogP contribution in [0.15, 0.2) is 48.5 Å². The number of hydrogen-bond donors (Lipinski definition) is 1. The number of fused-ring (bicyclic) bond motifs is 1. The van der Waals surface area contributed by atoms with Gasteiger partial charge in [-0.25, -0.2) is 0 Å². The second-order valence-corrected chi connectivity index (χ2v) is 5.70. The van der Waals surface area contributed by atoms with E-state index in [1.165, 1.54) is 5.56 Å². The maximum Gasteiger partial charge on any atom is 0.113 e. The van der Waals surface area contributed by atoms with E-state index < -0.39 is 11.5 Å². The number of nitriles is 1. The normalized spacial score (nSPS) is 21.6. The zero-order valence-electron chi connectivity index (χ0n) is 12.2. The van der Waals surface area contributed by atoms with E-state index in [9.17, 15) is 10.4 Å². The first-order valence-corrected chi connectivity index (χ1v) is 7.48. The van der Waals surface area contributed by atoms with Gasteiger partial charge >= 0.3 is 0 Å². The van der Waals surface area contributed by atoms with Gasteiger partial charge in [0.15, 0.2) is 0 Å². The van der Waals surface area contributed by atoms with Crippen molar-refractivity contribution in [2.24, 2.45) is 0 Å². The van der Waals surface area contributed by atoms with Crippen LogP contribution in [-0.4, -0.2) is 5.11 Å². The molecular weight excluding hydrogens is 258 g/mol. The van der Waals surface area contributed by atoms with E-state index in [-0.39, 0.29) is 0 Å². The Hall–Kier alpha value is -2.11. The first-order valence-electron chi connectivity index (χ1n) is 7.48. The average molecular weight is 277 g/mol. The summed E-state index contributed by atoms with van der Waals surface area (Å²) in [6.45, 7) is 2.08. The average Bonchev–Trinajstić information content (AvgIpc) is 2.94. The van der Waals surface area contributed by atoms with Gasteiger partial charge in [0.25, 0.3) is 0 Å². The largest absolute Gasteiger partial charge is 0.386 e. The van der Waals surface area contributed by atoms with E-state index in [2.05, 4.69) is 19.1 Å². The molecule has 0 radical (unpaired) electrons. The predicted molar refractivity (Wildman–Crippen MR) is 82.8 cm³/mol. The summed E-state index contributed by atoms with van der Waals surface area (Å²) in [6, 6.07) is 18.3. The molecule has 106 valence electrons. The highest BCUT2D eigenvalue weighted by Gasteiger charge is 2.46. The summed E-state index contributed by atoms with van der Waals surface area (Å²) in [5, 5.41) is 20.9. The smallest absolute Gasteiger partial charge is 0.113 e. The highest BCUT2D eigenvalue weighted by Crippen LogP contribution is 2.47. The quantitative estimate of drug-likeness (QED) is 0.929. The van der Waals surface area contributed by atoms with E-state index in [1.54, 1.807) is 0 Å². The Morgan fingerprint density at radius 3 is 2.67 bits per heavy atom. The maximum atomic E-state index is 11.0. The Balaban J connectivity index is 2.12. The molecule has 1 aliphatic rings.